The van der Waals surface area contributed by atoms with Gasteiger partial charge < -0.3 is 10.2 Å². The van der Waals surface area contributed by atoms with E-state index < -0.39 is 15.9 Å². The van der Waals surface area contributed by atoms with Gasteiger partial charge in [0, 0.05) is 37.4 Å². The maximum atomic E-state index is 12.6. The number of amides is 2. The van der Waals surface area contributed by atoms with E-state index in [0.29, 0.717) is 24.5 Å². The van der Waals surface area contributed by atoms with Crippen LogP contribution in [0.15, 0.2) is 59.5 Å². The predicted octanol–water partition coefficient (Wildman–Crippen LogP) is 2.71. The number of nitrogens with zero attached hydrogens (tertiary/aromatic N) is 2. The smallest absolute Gasteiger partial charge is 0.243 e. The quantitative estimate of drug-likeness (QED) is 0.753. The minimum atomic E-state index is -3.55. The monoisotopic (exact) mass is 415 g/mol. The van der Waals surface area contributed by atoms with Crippen molar-refractivity contribution in [3.05, 3.63) is 54.6 Å². The number of hydrogen-bond donors (Lipinski definition) is 1. The molecule has 1 unspecified atom stereocenters. The van der Waals surface area contributed by atoms with E-state index in [0.717, 1.165) is 0 Å². The van der Waals surface area contributed by atoms with Crippen molar-refractivity contribution in [1.82, 2.24) is 4.31 Å². The average Bonchev–Trinajstić information content (AvgIpc) is 3.11. The van der Waals surface area contributed by atoms with Crippen molar-refractivity contribution < 1.29 is 18.0 Å². The second-order valence-corrected chi connectivity index (χ2v) is 8.78. The summed E-state index contributed by atoms with van der Waals surface area (Å²) < 4.78 is 26.6. The maximum absolute atomic E-state index is 12.6. The molecule has 2 aromatic carbocycles. The third-order valence-corrected chi connectivity index (χ3v) is 7.09. The highest BCUT2D eigenvalue weighted by molar-refractivity contribution is 7.89. The van der Waals surface area contributed by atoms with Crippen molar-refractivity contribution in [2.75, 3.05) is 29.9 Å². The maximum Gasteiger partial charge on any atom is 0.243 e. The first-order valence-corrected chi connectivity index (χ1v) is 11.1. The molecule has 1 saturated heterocycles. The predicted molar refractivity (Wildman–Crippen MR) is 112 cm³/mol. The molecule has 2 amide bonds. The van der Waals surface area contributed by atoms with Gasteiger partial charge in [-0.1, -0.05) is 32.0 Å². The Bertz CT molecular complexity index is 971. The Hall–Kier alpha value is -2.71. The van der Waals surface area contributed by atoms with Crippen LogP contribution in [0.2, 0.25) is 0 Å². The van der Waals surface area contributed by atoms with Crippen molar-refractivity contribution >= 4 is 33.2 Å². The highest BCUT2D eigenvalue weighted by Crippen LogP contribution is 2.27. The fraction of sp³-hybridized carbons (Fsp3) is 0.333. The molecule has 0 aromatic heterocycles. The zero-order valence-electron chi connectivity index (χ0n) is 16.5. The number of nitrogens with one attached hydrogen (secondary N) is 1. The first-order chi connectivity index (χ1) is 13.9. The lowest BCUT2D eigenvalue weighted by atomic mass is 10.1. The van der Waals surface area contributed by atoms with Crippen LogP contribution in [0.1, 0.15) is 20.3 Å². The fourth-order valence-electron chi connectivity index (χ4n) is 3.41. The lowest BCUT2D eigenvalue weighted by Crippen LogP contribution is -2.31. The van der Waals surface area contributed by atoms with E-state index in [2.05, 4.69) is 5.32 Å². The van der Waals surface area contributed by atoms with Crippen LogP contribution >= 0.6 is 0 Å². The number of carbonyl (C=O) groups excluding carboxylic acids is 2. The van der Waals surface area contributed by atoms with E-state index in [9.17, 15) is 18.0 Å². The molecule has 29 heavy (non-hydrogen) atoms. The van der Waals surface area contributed by atoms with Crippen molar-refractivity contribution in [3.63, 3.8) is 0 Å². The number of hydrogen-bond acceptors (Lipinski definition) is 4. The Morgan fingerprint density at radius 3 is 2.28 bits per heavy atom. The summed E-state index contributed by atoms with van der Waals surface area (Å²) in [5, 5.41) is 2.83. The Kier molecular flexibility index (Phi) is 6.34. The molecule has 154 valence electrons. The van der Waals surface area contributed by atoms with Crippen LogP contribution in [0.3, 0.4) is 0 Å². The normalized spacial score (nSPS) is 17.0. The van der Waals surface area contributed by atoms with Gasteiger partial charge in [0.25, 0.3) is 0 Å². The molecule has 3 rings (SSSR count). The standard InChI is InChI=1S/C21H25N3O4S/c1-3-23(4-2)29(27,28)19-12-10-18(11-13-19)24-15-16(14-20(24)25)21(26)22-17-8-6-5-7-9-17/h5-13,16H,3-4,14-15H2,1-2H3,(H,22,26). The van der Waals surface area contributed by atoms with E-state index in [1.165, 1.54) is 21.3 Å². The largest absolute Gasteiger partial charge is 0.326 e. The highest BCUT2D eigenvalue weighted by atomic mass is 32.2. The van der Waals surface area contributed by atoms with E-state index in [1.807, 2.05) is 18.2 Å². The molecule has 2 aromatic rings. The Morgan fingerprint density at radius 1 is 1.07 bits per heavy atom. The summed E-state index contributed by atoms with van der Waals surface area (Å²) in [6, 6.07) is 15.4. The summed E-state index contributed by atoms with van der Waals surface area (Å²) in [4.78, 5) is 26.7. The van der Waals surface area contributed by atoms with Crippen molar-refractivity contribution in [1.29, 1.82) is 0 Å². The zero-order valence-corrected chi connectivity index (χ0v) is 17.4. The Morgan fingerprint density at radius 2 is 1.69 bits per heavy atom. The number of sulfonamides is 1. The second-order valence-electron chi connectivity index (χ2n) is 6.84. The summed E-state index contributed by atoms with van der Waals surface area (Å²) >= 11 is 0. The molecule has 0 radical (unpaired) electrons. The summed E-state index contributed by atoms with van der Waals surface area (Å²) in [5.74, 6) is -0.813. The summed E-state index contributed by atoms with van der Waals surface area (Å²) in [6.07, 6.45) is 0.123. The van der Waals surface area contributed by atoms with E-state index >= 15 is 0 Å². The van der Waals surface area contributed by atoms with Crippen LogP contribution in [0.5, 0.6) is 0 Å². The summed E-state index contributed by atoms with van der Waals surface area (Å²) in [6.45, 7) is 4.63. The molecule has 1 N–H and O–H groups in total. The van der Waals surface area contributed by atoms with Gasteiger partial charge in [-0.15, -0.1) is 0 Å². The average molecular weight is 416 g/mol. The minimum Gasteiger partial charge on any atom is -0.326 e. The van der Waals surface area contributed by atoms with Gasteiger partial charge in [-0.3, -0.25) is 9.59 Å². The van der Waals surface area contributed by atoms with Gasteiger partial charge in [-0.25, -0.2) is 8.42 Å². The van der Waals surface area contributed by atoms with Gasteiger partial charge in [0.05, 0.1) is 10.8 Å². The van der Waals surface area contributed by atoms with Gasteiger partial charge in [-0.2, -0.15) is 4.31 Å². The van der Waals surface area contributed by atoms with Crippen LogP contribution < -0.4 is 10.2 Å². The van der Waals surface area contributed by atoms with E-state index in [1.54, 1.807) is 38.1 Å². The molecular weight excluding hydrogens is 390 g/mol. The van der Waals surface area contributed by atoms with E-state index in [4.69, 9.17) is 0 Å². The molecule has 0 bridgehead atoms. The molecule has 0 saturated carbocycles. The van der Waals surface area contributed by atoms with Crippen molar-refractivity contribution in [2.45, 2.75) is 25.2 Å². The molecule has 1 heterocycles. The Labute approximate surface area is 171 Å². The molecule has 7 nitrogen and oxygen atoms in total. The van der Waals surface area contributed by atoms with Gasteiger partial charge in [0.2, 0.25) is 21.8 Å². The molecule has 0 aliphatic carbocycles. The summed E-state index contributed by atoms with van der Waals surface area (Å²) in [7, 11) is -3.55. The highest BCUT2D eigenvalue weighted by Gasteiger charge is 2.35. The molecular formula is C21H25N3O4S. The minimum absolute atomic E-state index is 0.123. The second kappa shape index (κ2) is 8.75. The number of rotatable bonds is 7. The van der Waals surface area contributed by atoms with Crippen LogP contribution in [0.4, 0.5) is 11.4 Å². The molecule has 1 fully saturated rings. The molecule has 1 atom stereocenters. The SMILES string of the molecule is CCN(CC)S(=O)(=O)c1ccc(N2CC(C(=O)Nc3ccccc3)CC2=O)cc1. The van der Waals surface area contributed by atoms with Crippen LogP contribution in [-0.2, 0) is 19.6 Å². The van der Waals surface area contributed by atoms with Gasteiger partial charge in [0.15, 0.2) is 0 Å². The molecule has 1 aliphatic heterocycles. The van der Waals surface area contributed by atoms with Gasteiger partial charge >= 0.3 is 0 Å². The number of para-hydroxylation sites is 1. The lowest BCUT2D eigenvalue weighted by molar-refractivity contribution is -0.122. The van der Waals surface area contributed by atoms with Gasteiger partial charge in [0.1, 0.15) is 0 Å². The first kappa shape index (κ1) is 21.0. The van der Waals surface area contributed by atoms with Crippen LogP contribution in [0, 0.1) is 5.92 Å². The van der Waals surface area contributed by atoms with Crippen LogP contribution in [-0.4, -0.2) is 44.2 Å². The molecule has 0 spiro atoms. The van der Waals surface area contributed by atoms with Crippen molar-refractivity contribution in [3.8, 4) is 0 Å². The topological polar surface area (TPSA) is 86.8 Å². The third-order valence-electron chi connectivity index (χ3n) is 5.03. The van der Waals surface area contributed by atoms with Crippen LogP contribution in [0.25, 0.3) is 0 Å². The van der Waals surface area contributed by atoms with Gasteiger partial charge in [-0.05, 0) is 36.4 Å². The third kappa shape index (κ3) is 4.49. The number of anilines is 2. The zero-order chi connectivity index (χ0) is 21.0. The number of benzene rings is 2. The lowest BCUT2D eigenvalue weighted by Gasteiger charge is -2.20. The Balaban J connectivity index is 1.71. The summed E-state index contributed by atoms with van der Waals surface area (Å²) in [5.41, 5.74) is 1.28. The fourth-order valence-corrected chi connectivity index (χ4v) is 4.87. The first-order valence-electron chi connectivity index (χ1n) is 9.63. The number of carbonyl (C=O) groups is 2. The van der Waals surface area contributed by atoms with E-state index in [-0.39, 0.29) is 29.7 Å². The molecule has 1 aliphatic rings. The molecule has 8 heteroatoms. The van der Waals surface area contributed by atoms with Crippen molar-refractivity contribution in [2.24, 2.45) is 5.92 Å².